The third-order valence-electron chi connectivity index (χ3n) is 5.31. The second-order valence-corrected chi connectivity index (χ2v) is 7.42. The fourth-order valence-electron chi connectivity index (χ4n) is 3.87. The normalized spacial score (nSPS) is 20.6. The number of benzene rings is 2. The summed E-state index contributed by atoms with van der Waals surface area (Å²) in [6.45, 7) is 0. The number of nitrogens with one attached hydrogen (secondary N) is 1. The Bertz CT molecular complexity index is 1010. The van der Waals surface area contributed by atoms with Crippen molar-refractivity contribution in [2.75, 3.05) is 17.3 Å². The molecule has 3 amide bonds. The first-order valence-corrected chi connectivity index (χ1v) is 9.65. The lowest BCUT2D eigenvalue weighted by Gasteiger charge is -2.19. The van der Waals surface area contributed by atoms with E-state index in [9.17, 15) is 14.4 Å². The molecule has 0 aromatic heterocycles. The van der Waals surface area contributed by atoms with Crippen LogP contribution in [0.25, 0.3) is 0 Å². The molecule has 148 valence electrons. The van der Waals surface area contributed by atoms with Gasteiger partial charge in [-0.1, -0.05) is 35.9 Å². The zero-order valence-electron chi connectivity index (χ0n) is 15.7. The number of hydrogen-bond acceptors (Lipinski definition) is 4. The Morgan fingerprint density at radius 2 is 1.72 bits per heavy atom. The van der Waals surface area contributed by atoms with Gasteiger partial charge in [0.05, 0.1) is 35.9 Å². The number of rotatable bonds is 4. The van der Waals surface area contributed by atoms with E-state index in [0.29, 0.717) is 29.3 Å². The van der Waals surface area contributed by atoms with Crippen LogP contribution in [0, 0.1) is 11.8 Å². The maximum Gasteiger partial charge on any atom is 0.257 e. The Morgan fingerprint density at radius 3 is 2.38 bits per heavy atom. The molecule has 0 unspecified atom stereocenters. The van der Waals surface area contributed by atoms with Crippen molar-refractivity contribution in [1.82, 2.24) is 0 Å². The summed E-state index contributed by atoms with van der Waals surface area (Å²) in [5.41, 5.74) is 0.912. The van der Waals surface area contributed by atoms with Crippen molar-refractivity contribution in [3.63, 3.8) is 0 Å². The number of allylic oxidation sites excluding steroid dienone is 2. The van der Waals surface area contributed by atoms with E-state index in [0.717, 1.165) is 4.90 Å². The molecule has 1 heterocycles. The number of methoxy groups -OCH3 is 1. The lowest BCUT2D eigenvalue weighted by molar-refractivity contribution is -0.122. The molecule has 2 aliphatic rings. The van der Waals surface area contributed by atoms with E-state index in [1.807, 2.05) is 12.2 Å². The summed E-state index contributed by atoms with van der Waals surface area (Å²) in [5, 5.41) is 3.21. The van der Waals surface area contributed by atoms with E-state index in [2.05, 4.69) is 5.32 Å². The molecule has 29 heavy (non-hydrogen) atoms. The second kappa shape index (κ2) is 7.72. The minimum atomic E-state index is -0.463. The second-order valence-electron chi connectivity index (χ2n) is 6.98. The molecule has 6 nitrogen and oxygen atoms in total. The first-order valence-electron chi connectivity index (χ1n) is 9.28. The van der Waals surface area contributed by atoms with Gasteiger partial charge < -0.3 is 10.1 Å². The number of hydrogen-bond donors (Lipinski definition) is 1. The predicted molar refractivity (Wildman–Crippen MR) is 110 cm³/mol. The third-order valence-corrected chi connectivity index (χ3v) is 5.54. The van der Waals surface area contributed by atoms with Gasteiger partial charge >= 0.3 is 0 Å². The highest BCUT2D eigenvalue weighted by atomic mass is 35.5. The minimum Gasteiger partial charge on any atom is -0.495 e. The summed E-state index contributed by atoms with van der Waals surface area (Å²) >= 11 is 6.04. The number of imide groups is 1. The summed E-state index contributed by atoms with van der Waals surface area (Å²) < 4.78 is 5.27. The number of ether oxygens (including phenoxy) is 1. The molecule has 0 radical (unpaired) electrons. The molecule has 1 N–H and O–H groups in total. The molecule has 0 spiro atoms. The van der Waals surface area contributed by atoms with Gasteiger partial charge in [0.2, 0.25) is 11.8 Å². The van der Waals surface area contributed by atoms with E-state index < -0.39 is 5.91 Å². The molecular formula is C22H19ClN2O4. The van der Waals surface area contributed by atoms with Gasteiger partial charge in [0.15, 0.2) is 0 Å². The van der Waals surface area contributed by atoms with Crippen molar-refractivity contribution in [3.8, 4) is 5.75 Å². The molecule has 1 aliphatic carbocycles. The van der Waals surface area contributed by atoms with Gasteiger partial charge in [-0.05, 0) is 43.2 Å². The quantitative estimate of drug-likeness (QED) is 0.609. The smallest absolute Gasteiger partial charge is 0.257 e. The van der Waals surface area contributed by atoms with Crippen molar-refractivity contribution in [3.05, 3.63) is 65.2 Å². The van der Waals surface area contributed by atoms with Crippen LogP contribution in [0.2, 0.25) is 5.02 Å². The molecule has 1 saturated heterocycles. The van der Waals surface area contributed by atoms with Crippen LogP contribution in [0.4, 0.5) is 11.4 Å². The summed E-state index contributed by atoms with van der Waals surface area (Å²) in [5.74, 6) is -1.26. The summed E-state index contributed by atoms with van der Waals surface area (Å²) in [7, 11) is 1.49. The number of fused-ring (bicyclic) bond motifs is 1. The van der Waals surface area contributed by atoms with Crippen molar-refractivity contribution < 1.29 is 19.1 Å². The largest absolute Gasteiger partial charge is 0.495 e. The topological polar surface area (TPSA) is 75.7 Å². The van der Waals surface area contributed by atoms with E-state index in [1.165, 1.54) is 7.11 Å². The molecule has 2 aromatic rings. The van der Waals surface area contributed by atoms with Crippen LogP contribution < -0.4 is 15.0 Å². The van der Waals surface area contributed by atoms with Gasteiger partial charge in [0.25, 0.3) is 5.91 Å². The number of nitrogens with zero attached hydrogens (tertiary/aromatic N) is 1. The van der Waals surface area contributed by atoms with Crippen LogP contribution in [0.15, 0.2) is 54.6 Å². The monoisotopic (exact) mass is 410 g/mol. The maximum atomic E-state index is 13.0. The molecule has 4 rings (SSSR count). The van der Waals surface area contributed by atoms with Crippen LogP contribution in [-0.2, 0) is 9.59 Å². The first kappa shape index (κ1) is 19.2. The van der Waals surface area contributed by atoms with Gasteiger partial charge in [-0.15, -0.1) is 0 Å². The SMILES string of the molecule is COc1ccc(Cl)cc1NC(=O)c1ccccc1N1C(=O)[C@H]2CC=CC[C@@H]2C1=O. The molecule has 1 fully saturated rings. The Balaban J connectivity index is 1.67. The van der Waals surface area contributed by atoms with E-state index in [4.69, 9.17) is 16.3 Å². The summed E-state index contributed by atoms with van der Waals surface area (Å²) in [6, 6.07) is 11.5. The highest BCUT2D eigenvalue weighted by Crippen LogP contribution is 2.39. The molecule has 0 bridgehead atoms. The Hall–Kier alpha value is -3.12. The average molecular weight is 411 g/mol. The summed E-state index contributed by atoms with van der Waals surface area (Å²) in [4.78, 5) is 40.0. The van der Waals surface area contributed by atoms with Gasteiger partial charge in [-0.3, -0.25) is 14.4 Å². The Kier molecular flexibility index (Phi) is 5.11. The number of carbonyl (C=O) groups excluding carboxylic acids is 3. The van der Waals surface area contributed by atoms with Gasteiger partial charge in [0.1, 0.15) is 5.75 Å². The lowest BCUT2D eigenvalue weighted by Crippen LogP contribution is -2.33. The lowest BCUT2D eigenvalue weighted by atomic mass is 9.85. The highest BCUT2D eigenvalue weighted by molar-refractivity contribution is 6.31. The third kappa shape index (κ3) is 3.40. The standard InChI is InChI=1S/C22H19ClN2O4/c1-29-19-11-10-13(23)12-17(19)24-20(26)16-8-4-5-9-18(16)25-21(27)14-6-2-3-7-15(14)22(25)28/h2-5,8-12,14-15H,6-7H2,1H3,(H,24,26)/t14-,15-/m0/s1. The van der Waals surface area contributed by atoms with Crippen molar-refractivity contribution in [1.29, 1.82) is 0 Å². The molecule has 7 heteroatoms. The maximum absolute atomic E-state index is 13.0. The number of carbonyl (C=O) groups is 3. The van der Waals surface area contributed by atoms with Crippen LogP contribution in [0.1, 0.15) is 23.2 Å². The van der Waals surface area contributed by atoms with Crippen LogP contribution in [-0.4, -0.2) is 24.8 Å². The first-order chi connectivity index (χ1) is 14.0. The van der Waals surface area contributed by atoms with Crippen LogP contribution in [0.3, 0.4) is 0 Å². The van der Waals surface area contributed by atoms with Gasteiger partial charge in [-0.25, -0.2) is 4.90 Å². The van der Waals surface area contributed by atoms with E-state index in [-0.39, 0.29) is 34.9 Å². The predicted octanol–water partition coefficient (Wildman–Crippen LogP) is 4.06. The van der Waals surface area contributed by atoms with Crippen LogP contribution in [0.5, 0.6) is 5.75 Å². The van der Waals surface area contributed by atoms with E-state index in [1.54, 1.807) is 42.5 Å². The molecule has 2 aromatic carbocycles. The Labute approximate surface area is 173 Å². The number of para-hydroxylation sites is 1. The van der Waals surface area contributed by atoms with Crippen molar-refractivity contribution in [2.45, 2.75) is 12.8 Å². The van der Waals surface area contributed by atoms with E-state index >= 15 is 0 Å². The summed E-state index contributed by atoms with van der Waals surface area (Å²) in [6.07, 6.45) is 4.94. The minimum absolute atomic E-state index is 0.225. The molecule has 2 atom stereocenters. The zero-order valence-corrected chi connectivity index (χ0v) is 16.5. The van der Waals surface area contributed by atoms with Crippen LogP contribution >= 0.6 is 11.6 Å². The molecule has 1 aliphatic heterocycles. The Morgan fingerprint density at radius 1 is 1.07 bits per heavy atom. The number of halogens is 1. The van der Waals surface area contributed by atoms with Crippen molar-refractivity contribution >= 4 is 40.7 Å². The fraction of sp³-hybridized carbons (Fsp3) is 0.227. The molecule has 0 saturated carbocycles. The number of anilines is 2. The zero-order chi connectivity index (χ0) is 20.5. The van der Waals surface area contributed by atoms with Gasteiger partial charge in [-0.2, -0.15) is 0 Å². The van der Waals surface area contributed by atoms with Gasteiger partial charge in [0, 0.05) is 5.02 Å². The van der Waals surface area contributed by atoms with Crippen molar-refractivity contribution in [2.24, 2.45) is 11.8 Å². The highest BCUT2D eigenvalue weighted by Gasteiger charge is 2.48. The number of amides is 3. The average Bonchev–Trinajstić information content (AvgIpc) is 2.99. The fourth-order valence-corrected chi connectivity index (χ4v) is 4.04. The molecular weight excluding hydrogens is 392 g/mol.